The van der Waals surface area contributed by atoms with Crippen molar-refractivity contribution in [3.8, 4) is 0 Å². The summed E-state index contributed by atoms with van der Waals surface area (Å²) in [5.74, 6) is 0. The van der Waals surface area contributed by atoms with Crippen LogP contribution in [0.15, 0.2) is 40.9 Å². The van der Waals surface area contributed by atoms with E-state index in [4.69, 9.17) is 28.2 Å². The standard InChI is InChI=1S/C12H8ClN3OS/c13-10-5-4-8(7-14-10)6-9-2-1-3-11-16(9)15-12(18)17-11/h1-5,7H,6H2/p+1. The number of aromatic nitrogens is 3. The molecule has 0 fully saturated rings. The molecule has 0 aliphatic rings. The highest BCUT2D eigenvalue weighted by Crippen LogP contribution is 2.09. The lowest BCUT2D eigenvalue weighted by atomic mass is 10.1. The van der Waals surface area contributed by atoms with Gasteiger partial charge in [-0.05, 0) is 34.4 Å². The van der Waals surface area contributed by atoms with E-state index in [2.05, 4.69) is 10.1 Å². The fourth-order valence-electron chi connectivity index (χ4n) is 1.81. The lowest BCUT2D eigenvalue weighted by Gasteiger charge is -1.97. The fraction of sp³-hybridized carbons (Fsp3) is 0.0833. The molecule has 3 heterocycles. The van der Waals surface area contributed by atoms with Crippen molar-refractivity contribution >= 4 is 29.5 Å². The molecule has 3 aromatic rings. The number of fused-ring (bicyclic) bond motifs is 1. The highest BCUT2D eigenvalue weighted by Gasteiger charge is 2.14. The molecule has 0 radical (unpaired) electrons. The maximum absolute atomic E-state index is 5.76. The summed E-state index contributed by atoms with van der Waals surface area (Å²) in [5, 5.41) is 3.47. The molecule has 4 nitrogen and oxygen atoms in total. The molecule has 0 saturated carbocycles. The van der Waals surface area contributed by atoms with Crippen LogP contribution in [0.4, 0.5) is 0 Å². The maximum atomic E-state index is 5.76. The van der Waals surface area contributed by atoms with Gasteiger partial charge in [0.05, 0.1) is 12.5 Å². The normalized spacial score (nSPS) is 10.9. The second kappa shape index (κ2) is 4.51. The van der Waals surface area contributed by atoms with Crippen LogP contribution in [-0.2, 0) is 6.42 Å². The van der Waals surface area contributed by atoms with Crippen LogP contribution in [0, 0.1) is 4.84 Å². The molecule has 0 aliphatic heterocycles. The third kappa shape index (κ3) is 2.14. The van der Waals surface area contributed by atoms with Crippen molar-refractivity contribution in [3.63, 3.8) is 0 Å². The Balaban J connectivity index is 2.04. The largest absolute Gasteiger partial charge is 0.404 e. The number of nitrogens with zero attached hydrogens (tertiary/aromatic N) is 2. The average Bonchev–Trinajstić information content (AvgIpc) is 2.73. The van der Waals surface area contributed by atoms with Crippen LogP contribution in [0.25, 0.3) is 5.71 Å². The third-order valence-corrected chi connectivity index (χ3v) is 3.01. The van der Waals surface area contributed by atoms with Gasteiger partial charge in [0.2, 0.25) is 5.69 Å². The second-order valence-corrected chi connectivity index (χ2v) is 4.62. The van der Waals surface area contributed by atoms with Crippen molar-refractivity contribution in [2.24, 2.45) is 0 Å². The lowest BCUT2D eigenvalue weighted by molar-refractivity contribution is -0.588. The number of rotatable bonds is 2. The van der Waals surface area contributed by atoms with Gasteiger partial charge >= 0.3 is 10.6 Å². The van der Waals surface area contributed by atoms with Crippen LogP contribution in [0.3, 0.4) is 0 Å². The summed E-state index contributed by atoms with van der Waals surface area (Å²) >= 11 is 10.7. The first-order chi connectivity index (χ1) is 8.72. The molecule has 90 valence electrons. The Morgan fingerprint density at radius 2 is 2.22 bits per heavy atom. The number of hydrogen-bond donors (Lipinski definition) is 1. The lowest BCUT2D eigenvalue weighted by Crippen LogP contribution is -2.28. The highest BCUT2D eigenvalue weighted by molar-refractivity contribution is 7.71. The molecule has 0 amide bonds. The summed E-state index contributed by atoms with van der Waals surface area (Å²) in [7, 11) is 0. The molecule has 0 spiro atoms. The smallest absolute Gasteiger partial charge is 0.371 e. The Morgan fingerprint density at radius 1 is 1.33 bits per heavy atom. The van der Waals surface area contributed by atoms with Crippen LogP contribution in [-0.4, -0.2) is 10.1 Å². The number of hydrogen-bond acceptors (Lipinski definition) is 3. The first-order valence-corrected chi connectivity index (χ1v) is 6.14. The van der Waals surface area contributed by atoms with E-state index < -0.39 is 0 Å². The molecule has 0 aliphatic carbocycles. The molecule has 0 unspecified atom stereocenters. The topological polar surface area (TPSA) is 45.9 Å². The molecular weight excluding hydrogens is 270 g/mol. The molecule has 0 aromatic carbocycles. The van der Waals surface area contributed by atoms with Gasteiger partial charge in [-0.1, -0.05) is 17.7 Å². The van der Waals surface area contributed by atoms with E-state index in [0.717, 1.165) is 17.7 Å². The number of pyridine rings is 2. The minimum Gasteiger partial charge on any atom is -0.371 e. The highest BCUT2D eigenvalue weighted by atomic mass is 35.5. The van der Waals surface area contributed by atoms with Crippen molar-refractivity contribution in [2.45, 2.75) is 6.42 Å². The average molecular weight is 279 g/mol. The molecule has 1 N–H and O–H groups in total. The molecule has 0 saturated heterocycles. The van der Waals surface area contributed by atoms with Gasteiger partial charge < -0.3 is 4.42 Å². The van der Waals surface area contributed by atoms with E-state index >= 15 is 0 Å². The van der Waals surface area contributed by atoms with Gasteiger partial charge in [-0.2, -0.15) is 0 Å². The number of H-pyrrole nitrogens is 1. The summed E-state index contributed by atoms with van der Waals surface area (Å²) < 4.78 is 7.18. The minimum absolute atomic E-state index is 0.358. The third-order valence-electron chi connectivity index (χ3n) is 2.61. The van der Waals surface area contributed by atoms with Gasteiger partial charge in [-0.15, -0.1) is 5.10 Å². The predicted molar refractivity (Wildman–Crippen MR) is 69.1 cm³/mol. The van der Waals surface area contributed by atoms with Gasteiger partial charge in [-0.25, -0.2) is 4.98 Å². The van der Waals surface area contributed by atoms with Crippen molar-refractivity contribution in [2.75, 3.05) is 0 Å². The van der Waals surface area contributed by atoms with Crippen molar-refractivity contribution < 1.29 is 8.93 Å². The fourth-order valence-corrected chi connectivity index (χ4v) is 2.09. The van der Waals surface area contributed by atoms with E-state index in [1.165, 1.54) is 0 Å². The van der Waals surface area contributed by atoms with Gasteiger partial charge in [0.1, 0.15) is 5.15 Å². The van der Waals surface area contributed by atoms with Crippen molar-refractivity contribution in [1.82, 2.24) is 10.1 Å². The van der Waals surface area contributed by atoms with E-state index in [1.807, 2.05) is 28.8 Å². The van der Waals surface area contributed by atoms with Gasteiger partial charge in [0, 0.05) is 12.3 Å². The second-order valence-electron chi connectivity index (χ2n) is 3.86. The zero-order chi connectivity index (χ0) is 12.5. The summed E-state index contributed by atoms with van der Waals surface area (Å²) in [5.41, 5.74) is 2.80. The SMILES string of the molecule is S=c1[nH][n+]2c(Cc3ccc(Cl)nc3)cccc2o1. The molecule has 0 atom stereocenters. The molecule has 6 heteroatoms. The van der Waals surface area contributed by atoms with Gasteiger partial charge in [0.15, 0.2) is 0 Å². The quantitative estimate of drug-likeness (QED) is 0.445. The monoisotopic (exact) mass is 278 g/mol. The van der Waals surface area contributed by atoms with Gasteiger partial charge in [0.25, 0.3) is 0 Å². The van der Waals surface area contributed by atoms with E-state index in [-0.39, 0.29) is 0 Å². The summed E-state index contributed by atoms with van der Waals surface area (Å²) in [4.78, 5) is 4.42. The van der Waals surface area contributed by atoms with Crippen molar-refractivity contribution in [1.29, 1.82) is 0 Å². The molecule has 3 rings (SSSR count). The zero-order valence-electron chi connectivity index (χ0n) is 9.26. The van der Waals surface area contributed by atoms with E-state index in [9.17, 15) is 0 Å². The van der Waals surface area contributed by atoms with E-state index in [0.29, 0.717) is 15.7 Å². The summed E-state index contributed by atoms with van der Waals surface area (Å²) in [6.07, 6.45) is 2.48. The van der Waals surface area contributed by atoms with Crippen molar-refractivity contribution in [3.05, 3.63) is 57.8 Å². The molecular formula is C12H9ClN3OS+. The zero-order valence-corrected chi connectivity index (χ0v) is 10.8. The predicted octanol–water partition coefficient (Wildman–Crippen LogP) is 2.72. The van der Waals surface area contributed by atoms with Crippen LogP contribution in [0.2, 0.25) is 5.15 Å². The Morgan fingerprint density at radius 3 is 3.00 bits per heavy atom. The Labute approximate surface area is 113 Å². The van der Waals surface area contributed by atoms with Crippen LogP contribution >= 0.6 is 23.8 Å². The van der Waals surface area contributed by atoms with E-state index in [1.54, 1.807) is 12.3 Å². The Kier molecular flexibility index (Phi) is 2.85. The first kappa shape index (κ1) is 11.4. The number of nitrogens with one attached hydrogen (secondary N) is 1. The van der Waals surface area contributed by atoms with Crippen LogP contribution in [0.1, 0.15) is 11.3 Å². The van der Waals surface area contributed by atoms with Crippen LogP contribution in [0.5, 0.6) is 0 Å². The van der Waals surface area contributed by atoms with Crippen LogP contribution < -0.4 is 4.52 Å². The maximum Gasteiger partial charge on any atom is 0.404 e. The molecule has 18 heavy (non-hydrogen) atoms. The van der Waals surface area contributed by atoms with Gasteiger partial charge in [-0.3, -0.25) is 0 Å². The Hall–Kier alpha value is -1.72. The number of aromatic amines is 1. The summed E-state index contributed by atoms with van der Waals surface area (Å²) in [6.45, 7) is 0. The number of halogens is 1. The first-order valence-electron chi connectivity index (χ1n) is 5.35. The Bertz CT molecular complexity index is 748. The molecule has 3 aromatic heterocycles. The molecule has 0 bridgehead atoms. The minimum atomic E-state index is 0.358. The summed E-state index contributed by atoms with van der Waals surface area (Å²) in [6, 6.07) is 9.52.